The van der Waals surface area contributed by atoms with E-state index in [1.165, 1.54) is 6.08 Å². The van der Waals surface area contributed by atoms with Crippen molar-refractivity contribution in [1.29, 1.82) is 0 Å². The van der Waals surface area contributed by atoms with Crippen LogP contribution in [0.1, 0.15) is 13.8 Å². The van der Waals surface area contributed by atoms with Crippen LogP contribution < -0.4 is 0 Å². The molecule has 0 saturated carbocycles. The van der Waals surface area contributed by atoms with E-state index < -0.39 is 0 Å². The molecule has 0 heterocycles. The van der Waals surface area contributed by atoms with Crippen molar-refractivity contribution in [1.82, 2.24) is 0 Å². The highest BCUT2D eigenvalue weighted by molar-refractivity contribution is 5.66. The number of carbonyl (C=O) groups excluding carboxylic acids is 1. The zero-order chi connectivity index (χ0) is 6.41. The second-order valence-electron chi connectivity index (χ2n) is 1.55. The number of aldehydes is 1. The van der Waals surface area contributed by atoms with Crippen molar-refractivity contribution in [3.63, 3.8) is 0 Å². The summed E-state index contributed by atoms with van der Waals surface area (Å²) in [7, 11) is 0. The Kier molecular flexibility index (Phi) is 3.85. The molecule has 0 atom stereocenters. The van der Waals surface area contributed by atoms with E-state index in [0.717, 1.165) is 11.9 Å². The Morgan fingerprint density at radius 3 is 2.50 bits per heavy atom. The van der Waals surface area contributed by atoms with Gasteiger partial charge >= 0.3 is 0 Å². The summed E-state index contributed by atoms with van der Waals surface area (Å²) in [4.78, 5) is 9.78. The topological polar surface area (TPSA) is 17.1 Å². The molecular weight excluding hydrogens is 100 g/mol. The third-order valence-electron chi connectivity index (χ3n) is 0.760. The van der Waals surface area contributed by atoms with Crippen LogP contribution >= 0.6 is 0 Å². The fourth-order valence-electron chi connectivity index (χ4n) is 0.426. The summed E-state index contributed by atoms with van der Waals surface area (Å²) >= 11 is 0. The second-order valence-corrected chi connectivity index (χ2v) is 1.55. The summed E-state index contributed by atoms with van der Waals surface area (Å²) in [5.41, 5.74) is 0.988. The molecule has 1 heteroatoms. The van der Waals surface area contributed by atoms with Crippen LogP contribution in [-0.2, 0) is 4.79 Å². The Hall–Kier alpha value is -0.850. The monoisotopic (exact) mass is 110 g/mol. The number of hydrogen-bond acceptors (Lipinski definition) is 1. The summed E-state index contributed by atoms with van der Waals surface area (Å²) < 4.78 is 0. The minimum atomic E-state index is 0.787. The van der Waals surface area contributed by atoms with Gasteiger partial charge in [0.25, 0.3) is 0 Å². The normalized spacial score (nSPS) is 12.5. The first-order valence-corrected chi connectivity index (χ1v) is 2.56. The SMILES string of the molecule is C/C=C\C(C)=C/C=O. The molecule has 44 valence electrons. The van der Waals surface area contributed by atoms with Crippen molar-refractivity contribution < 1.29 is 4.79 Å². The van der Waals surface area contributed by atoms with Crippen LogP contribution in [0.5, 0.6) is 0 Å². The molecule has 0 fully saturated rings. The first kappa shape index (κ1) is 7.15. The molecule has 0 bridgehead atoms. The lowest BCUT2D eigenvalue weighted by molar-refractivity contribution is -0.104. The average molecular weight is 110 g/mol. The van der Waals surface area contributed by atoms with E-state index in [1.807, 2.05) is 26.0 Å². The summed E-state index contributed by atoms with van der Waals surface area (Å²) in [5.74, 6) is 0. The molecule has 0 aromatic carbocycles. The quantitative estimate of drug-likeness (QED) is 0.300. The largest absolute Gasteiger partial charge is 0.299 e. The Bertz CT molecular complexity index is 120. The molecule has 0 amide bonds. The van der Waals surface area contributed by atoms with Gasteiger partial charge in [0, 0.05) is 0 Å². The van der Waals surface area contributed by atoms with E-state index in [9.17, 15) is 4.79 Å². The van der Waals surface area contributed by atoms with Gasteiger partial charge < -0.3 is 0 Å². The van der Waals surface area contributed by atoms with Gasteiger partial charge in [-0.1, -0.05) is 12.2 Å². The first-order chi connectivity index (χ1) is 3.81. The van der Waals surface area contributed by atoms with Gasteiger partial charge in [-0.15, -0.1) is 0 Å². The minimum absolute atomic E-state index is 0.787. The van der Waals surface area contributed by atoms with Gasteiger partial charge in [-0.3, -0.25) is 4.79 Å². The third-order valence-corrected chi connectivity index (χ3v) is 0.760. The minimum Gasteiger partial charge on any atom is -0.299 e. The van der Waals surface area contributed by atoms with Crippen LogP contribution in [0, 0.1) is 0 Å². The highest BCUT2D eigenvalue weighted by Crippen LogP contribution is 1.90. The highest BCUT2D eigenvalue weighted by Gasteiger charge is 1.73. The smallest absolute Gasteiger partial charge is 0.143 e. The predicted octanol–water partition coefficient (Wildman–Crippen LogP) is 1.71. The molecule has 0 aliphatic carbocycles. The molecule has 0 unspecified atom stereocenters. The van der Waals surface area contributed by atoms with Crippen LogP contribution in [0.15, 0.2) is 23.8 Å². The van der Waals surface area contributed by atoms with Gasteiger partial charge in [0.05, 0.1) is 0 Å². The van der Waals surface area contributed by atoms with Crippen LogP contribution in [0.4, 0.5) is 0 Å². The van der Waals surface area contributed by atoms with E-state index >= 15 is 0 Å². The lowest BCUT2D eigenvalue weighted by Crippen LogP contribution is -1.67. The van der Waals surface area contributed by atoms with Crippen molar-refractivity contribution in [3.05, 3.63) is 23.8 Å². The van der Waals surface area contributed by atoms with Crippen molar-refractivity contribution in [2.24, 2.45) is 0 Å². The highest BCUT2D eigenvalue weighted by atomic mass is 16.1. The first-order valence-electron chi connectivity index (χ1n) is 2.56. The average Bonchev–Trinajstić information content (AvgIpc) is 1.68. The Morgan fingerprint density at radius 1 is 1.50 bits per heavy atom. The van der Waals surface area contributed by atoms with Gasteiger partial charge in [-0.2, -0.15) is 0 Å². The fourth-order valence-corrected chi connectivity index (χ4v) is 0.426. The zero-order valence-corrected chi connectivity index (χ0v) is 5.22. The summed E-state index contributed by atoms with van der Waals surface area (Å²) in [6, 6.07) is 0. The van der Waals surface area contributed by atoms with Gasteiger partial charge in [0.15, 0.2) is 0 Å². The van der Waals surface area contributed by atoms with Crippen molar-refractivity contribution >= 4 is 6.29 Å². The molecule has 0 aromatic heterocycles. The third kappa shape index (κ3) is 3.34. The Balaban J connectivity index is 3.79. The summed E-state index contributed by atoms with van der Waals surface area (Å²) in [6.07, 6.45) is 6.10. The van der Waals surface area contributed by atoms with Crippen LogP contribution in [0.25, 0.3) is 0 Å². The van der Waals surface area contributed by atoms with Gasteiger partial charge in [-0.25, -0.2) is 0 Å². The van der Waals surface area contributed by atoms with E-state index in [2.05, 4.69) is 0 Å². The van der Waals surface area contributed by atoms with Gasteiger partial charge in [-0.05, 0) is 25.5 Å². The van der Waals surface area contributed by atoms with Crippen molar-refractivity contribution in [2.45, 2.75) is 13.8 Å². The lowest BCUT2D eigenvalue weighted by atomic mass is 10.3. The molecule has 0 aliphatic heterocycles. The predicted molar refractivity (Wildman–Crippen MR) is 34.6 cm³/mol. The van der Waals surface area contributed by atoms with Crippen LogP contribution in [0.3, 0.4) is 0 Å². The molecular formula is C7H10O. The lowest BCUT2D eigenvalue weighted by Gasteiger charge is -1.81. The molecule has 8 heavy (non-hydrogen) atoms. The van der Waals surface area contributed by atoms with E-state index in [0.29, 0.717) is 0 Å². The maximum absolute atomic E-state index is 9.78. The number of rotatable bonds is 2. The van der Waals surface area contributed by atoms with Gasteiger partial charge in [0.2, 0.25) is 0 Å². The van der Waals surface area contributed by atoms with E-state index in [-0.39, 0.29) is 0 Å². The van der Waals surface area contributed by atoms with Gasteiger partial charge in [0.1, 0.15) is 6.29 Å². The van der Waals surface area contributed by atoms with Crippen LogP contribution in [-0.4, -0.2) is 6.29 Å². The summed E-state index contributed by atoms with van der Waals surface area (Å²) in [5, 5.41) is 0. The maximum Gasteiger partial charge on any atom is 0.143 e. The second kappa shape index (κ2) is 4.31. The number of carbonyl (C=O) groups is 1. The standard InChI is InChI=1S/C7H10O/c1-3-4-7(2)5-6-8/h3-6H,1-2H3/b4-3-,7-5-. The molecule has 0 N–H and O–H groups in total. The molecule has 0 rings (SSSR count). The van der Waals surface area contributed by atoms with Crippen LogP contribution in [0.2, 0.25) is 0 Å². The molecule has 1 nitrogen and oxygen atoms in total. The molecule has 0 saturated heterocycles. The van der Waals surface area contributed by atoms with Crippen molar-refractivity contribution in [3.8, 4) is 0 Å². The van der Waals surface area contributed by atoms with E-state index in [1.54, 1.807) is 0 Å². The van der Waals surface area contributed by atoms with Crippen molar-refractivity contribution in [2.75, 3.05) is 0 Å². The number of hydrogen-bond donors (Lipinski definition) is 0. The fraction of sp³-hybridized carbons (Fsp3) is 0.286. The molecule has 0 aromatic rings. The zero-order valence-electron chi connectivity index (χ0n) is 5.22. The number of allylic oxidation sites excluding steroid dienone is 4. The molecule has 0 radical (unpaired) electrons. The molecule has 0 spiro atoms. The van der Waals surface area contributed by atoms with E-state index in [4.69, 9.17) is 0 Å². The molecule has 0 aliphatic rings. The summed E-state index contributed by atoms with van der Waals surface area (Å²) in [6.45, 7) is 3.80. The Labute approximate surface area is 49.7 Å². The Morgan fingerprint density at radius 2 is 2.12 bits per heavy atom. The maximum atomic E-state index is 9.78.